The van der Waals surface area contributed by atoms with Gasteiger partial charge < -0.3 is 10.0 Å². The predicted molar refractivity (Wildman–Crippen MR) is 75.7 cm³/mol. The van der Waals surface area contributed by atoms with Crippen LogP contribution in [0, 0.1) is 11.8 Å². The van der Waals surface area contributed by atoms with E-state index in [1.807, 2.05) is 13.0 Å². The molecule has 0 radical (unpaired) electrons. The first-order valence-electron chi connectivity index (χ1n) is 6.64. The van der Waals surface area contributed by atoms with Crippen molar-refractivity contribution < 1.29 is 5.11 Å². The zero-order valence-corrected chi connectivity index (χ0v) is 11.2. The highest BCUT2D eigenvalue weighted by Crippen LogP contribution is 2.29. The van der Waals surface area contributed by atoms with Crippen molar-refractivity contribution in [1.29, 1.82) is 0 Å². The lowest BCUT2D eigenvalue weighted by Crippen LogP contribution is -2.24. The number of hydrogen-bond acceptors (Lipinski definition) is 2. The van der Waals surface area contributed by atoms with Crippen LogP contribution in [-0.4, -0.2) is 18.7 Å². The summed E-state index contributed by atoms with van der Waals surface area (Å²) in [7, 11) is 2.13. The normalized spacial score (nSPS) is 15.6. The van der Waals surface area contributed by atoms with E-state index in [9.17, 15) is 5.11 Å². The quantitative estimate of drug-likeness (QED) is 0.825. The maximum atomic E-state index is 10.1. The first kappa shape index (κ1) is 13.0. The Hall–Kier alpha value is -1.46. The second-order valence-corrected chi connectivity index (χ2v) is 4.89. The van der Waals surface area contributed by atoms with Crippen molar-refractivity contribution in [3.05, 3.63) is 29.3 Å². The third-order valence-corrected chi connectivity index (χ3v) is 3.56. The maximum Gasteiger partial charge on any atom is 0.0799 e. The number of aliphatic hydroxyl groups excluding tert-OH is 1. The molecule has 1 aliphatic rings. The first-order valence-corrected chi connectivity index (χ1v) is 6.64. The fourth-order valence-corrected chi connectivity index (χ4v) is 2.51. The summed E-state index contributed by atoms with van der Waals surface area (Å²) in [6.07, 6.45) is 3.41. The number of hydrogen-bond donors (Lipinski definition) is 1. The summed E-state index contributed by atoms with van der Waals surface area (Å²) in [6.45, 7) is 2.96. The average Bonchev–Trinajstić information content (AvgIpc) is 2.39. The van der Waals surface area contributed by atoms with Gasteiger partial charge in [0.1, 0.15) is 0 Å². The van der Waals surface area contributed by atoms with Crippen LogP contribution in [0.25, 0.3) is 0 Å². The lowest BCUT2D eigenvalue weighted by molar-refractivity contribution is 0.169. The fourth-order valence-electron chi connectivity index (χ4n) is 2.51. The molecule has 0 saturated carbocycles. The van der Waals surface area contributed by atoms with E-state index in [0.717, 1.165) is 31.4 Å². The summed E-state index contributed by atoms with van der Waals surface area (Å²) < 4.78 is 0. The molecule has 18 heavy (non-hydrogen) atoms. The van der Waals surface area contributed by atoms with Gasteiger partial charge in [0.15, 0.2) is 0 Å². The van der Waals surface area contributed by atoms with Crippen LogP contribution in [0.15, 0.2) is 18.2 Å². The highest BCUT2D eigenvalue weighted by molar-refractivity contribution is 5.56. The highest BCUT2D eigenvalue weighted by Gasteiger charge is 2.15. The molecule has 1 heterocycles. The van der Waals surface area contributed by atoms with Crippen molar-refractivity contribution in [3.63, 3.8) is 0 Å². The van der Waals surface area contributed by atoms with Gasteiger partial charge in [-0.1, -0.05) is 12.1 Å². The van der Waals surface area contributed by atoms with Crippen LogP contribution < -0.4 is 4.90 Å². The summed E-state index contributed by atoms with van der Waals surface area (Å²) in [4.78, 5) is 2.29. The molecule has 0 saturated heterocycles. The molecule has 0 spiro atoms. The number of fused-ring (bicyclic) bond motifs is 1. The minimum absolute atomic E-state index is 0.386. The zero-order chi connectivity index (χ0) is 13.0. The average molecular weight is 243 g/mol. The monoisotopic (exact) mass is 243 g/mol. The molecular formula is C16H21NO. The summed E-state index contributed by atoms with van der Waals surface area (Å²) in [6, 6.07) is 6.35. The topological polar surface area (TPSA) is 23.5 Å². The molecule has 1 N–H and O–H groups in total. The van der Waals surface area contributed by atoms with Gasteiger partial charge in [-0.05, 0) is 43.4 Å². The summed E-state index contributed by atoms with van der Waals surface area (Å²) in [5, 5.41) is 10.1. The molecule has 2 rings (SSSR count). The molecule has 96 valence electrons. The van der Waals surface area contributed by atoms with Crippen LogP contribution in [0.3, 0.4) is 0 Å². The standard InChI is InChI=1S/C16H21NO/c1-3-4-5-8-16(18)14-9-10-15-13(12-14)7-6-11-17(15)2/h9-10,12,16,18H,5-8,11H2,1-2H3. The van der Waals surface area contributed by atoms with Gasteiger partial charge >= 0.3 is 0 Å². The van der Waals surface area contributed by atoms with E-state index >= 15 is 0 Å². The number of aryl methyl sites for hydroxylation is 1. The number of benzene rings is 1. The van der Waals surface area contributed by atoms with Crippen molar-refractivity contribution in [2.24, 2.45) is 0 Å². The van der Waals surface area contributed by atoms with E-state index in [1.54, 1.807) is 0 Å². The minimum atomic E-state index is -0.386. The van der Waals surface area contributed by atoms with Crippen molar-refractivity contribution in [2.75, 3.05) is 18.5 Å². The Morgan fingerprint density at radius 2 is 2.28 bits per heavy atom. The fraction of sp³-hybridized carbons (Fsp3) is 0.500. The molecule has 1 aromatic rings. The van der Waals surface area contributed by atoms with E-state index in [4.69, 9.17) is 0 Å². The van der Waals surface area contributed by atoms with Gasteiger partial charge in [0.05, 0.1) is 6.10 Å². The number of rotatable bonds is 3. The summed E-state index contributed by atoms with van der Waals surface area (Å²) in [5.41, 5.74) is 3.70. The lowest BCUT2D eigenvalue weighted by Gasteiger charge is -2.28. The highest BCUT2D eigenvalue weighted by atomic mass is 16.3. The minimum Gasteiger partial charge on any atom is -0.388 e. The predicted octanol–water partition coefficient (Wildman–Crippen LogP) is 2.91. The zero-order valence-electron chi connectivity index (χ0n) is 11.2. The number of nitrogens with zero attached hydrogens (tertiary/aromatic N) is 1. The van der Waals surface area contributed by atoms with E-state index < -0.39 is 0 Å². The SMILES string of the molecule is CC#CCCC(O)c1ccc2c(c1)CCCN2C. The largest absolute Gasteiger partial charge is 0.388 e. The second-order valence-electron chi connectivity index (χ2n) is 4.89. The van der Waals surface area contributed by atoms with Crippen LogP contribution in [0.1, 0.15) is 43.4 Å². The molecule has 1 aliphatic heterocycles. The molecule has 1 unspecified atom stereocenters. The molecular weight excluding hydrogens is 222 g/mol. The van der Waals surface area contributed by atoms with Gasteiger partial charge in [-0.25, -0.2) is 0 Å². The Morgan fingerprint density at radius 1 is 1.44 bits per heavy atom. The van der Waals surface area contributed by atoms with Crippen molar-refractivity contribution in [1.82, 2.24) is 0 Å². The summed E-state index contributed by atoms with van der Waals surface area (Å²) >= 11 is 0. The van der Waals surface area contributed by atoms with Crippen LogP contribution in [-0.2, 0) is 6.42 Å². The van der Waals surface area contributed by atoms with Gasteiger partial charge in [0, 0.05) is 25.7 Å². The van der Waals surface area contributed by atoms with Crippen LogP contribution in [0.5, 0.6) is 0 Å². The van der Waals surface area contributed by atoms with Crippen molar-refractivity contribution in [3.8, 4) is 11.8 Å². The maximum absolute atomic E-state index is 10.1. The van der Waals surface area contributed by atoms with Gasteiger partial charge in [-0.2, -0.15) is 0 Å². The molecule has 2 heteroatoms. The van der Waals surface area contributed by atoms with Crippen LogP contribution in [0.4, 0.5) is 5.69 Å². The number of anilines is 1. The van der Waals surface area contributed by atoms with Crippen LogP contribution in [0.2, 0.25) is 0 Å². The Labute approximate surface area is 110 Å². The molecule has 0 aliphatic carbocycles. The van der Waals surface area contributed by atoms with Crippen LogP contribution >= 0.6 is 0 Å². The molecule has 0 bridgehead atoms. The molecule has 0 fully saturated rings. The molecule has 1 aromatic carbocycles. The number of aliphatic hydroxyl groups is 1. The lowest BCUT2D eigenvalue weighted by atomic mass is 9.96. The van der Waals surface area contributed by atoms with Gasteiger partial charge in [-0.3, -0.25) is 0 Å². The summed E-state index contributed by atoms with van der Waals surface area (Å²) in [5.74, 6) is 5.86. The Balaban J connectivity index is 2.12. The molecule has 2 nitrogen and oxygen atoms in total. The van der Waals surface area contributed by atoms with Gasteiger partial charge in [0.2, 0.25) is 0 Å². The first-order chi connectivity index (χ1) is 8.72. The molecule has 1 atom stereocenters. The van der Waals surface area contributed by atoms with E-state index in [0.29, 0.717) is 0 Å². The third kappa shape index (κ3) is 2.86. The van der Waals surface area contributed by atoms with Gasteiger partial charge in [0.25, 0.3) is 0 Å². The molecule has 0 amide bonds. The van der Waals surface area contributed by atoms with Crippen molar-refractivity contribution >= 4 is 5.69 Å². The smallest absolute Gasteiger partial charge is 0.0799 e. The third-order valence-electron chi connectivity index (χ3n) is 3.56. The second kappa shape index (κ2) is 5.93. The van der Waals surface area contributed by atoms with E-state index in [1.165, 1.54) is 17.7 Å². The Morgan fingerprint density at radius 3 is 3.06 bits per heavy atom. The Bertz CT molecular complexity index is 470. The Kier molecular flexibility index (Phi) is 4.28. The van der Waals surface area contributed by atoms with Gasteiger partial charge in [-0.15, -0.1) is 11.8 Å². The molecule has 0 aromatic heterocycles. The van der Waals surface area contributed by atoms with E-state index in [2.05, 4.69) is 35.9 Å². The van der Waals surface area contributed by atoms with Crippen molar-refractivity contribution in [2.45, 2.75) is 38.7 Å². The van der Waals surface area contributed by atoms with E-state index in [-0.39, 0.29) is 6.10 Å².